The lowest BCUT2D eigenvalue weighted by Crippen LogP contribution is -2.37. The molecule has 0 bridgehead atoms. The maximum atomic E-state index is 5.78. The van der Waals surface area contributed by atoms with Crippen LogP contribution in [0.2, 0.25) is 0 Å². The summed E-state index contributed by atoms with van der Waals surface area (Å²) in [7, 11) is 0. The molecule has 0 unspecified atom stereocenters. The molecule has 2 aliphatic heterocycles. The van der Waals surface area contributed by atoms with Crippen molar-refractivity contribution in [3.8, 4) is 0 Å². The minimum atomic E-state index is 0.294. The minimum absolute atomic E-state index is 0.294. The Hall–Kier alpha value is -0.980. The summed E-state index contributed by atoms with van der Waals surface area (Å²) in [6, 6.07) is 0. The van der Waals surface area contributed by atoms with Crippen molar-refractivity contribution in [1.29, 1.82) is 0 Å². The van der Waals surface area contributed by atoms with Crippen LogP contribution in [0.5, 0.6) is 0 Å². The summed E-state index contributed by atoms with van der Waals surface area (Å²) in [6.07, 6.45) is 5.27. The second-order valence-corrected chi connectivity index (χ2v) is 6.67. The molecule has 3 rings (SSSR count). The van der Waals surface area contributed by atoms with Gasteiger partial charge in [-0.25, -0.2) is 0 Å². The number of hydrogen-bond acceptors (Lipinski definition) is 6. The van der Waals surface area contributed by atoms with Gasteiger partial charge in [-0.15, -0.1) is 0 Å². The zero-order valence-corrected chi connectivity index (χ0v) is 13.7. The molecular weight excluding hydrogens is 282 g/mol. The van der Waals surface area contributed by atoms with Crippen molar-refractivity contribution in [2.45, 2.75) is 64.2 Å². The number of hydrogen-bond donors (Lipinski definition) is 0. The predicted molar refractivity (Wildman–Crippen MR) is 81.6 cm³/mol. The standard InChI is InChI=1S/C16H27N3O3/c1-12(2)16-17-15(22-18-16)11-19(9-13-5-3-7-20-13)10-14-6-4-8-21-14/h12-14H,3-11H2,1-2H3/t13-,14-/m0/s1. The zero-order valence-electron chi connectivity index (χ0n) is 13.7. The van der Waals surface area contributed by atoms with Crippen molar-refractivity contribution in [2.75, 3.05) is 26.3 Å². The monoisotopic (exact) mass is 309 g/mol. The van der Waals surface area contributed by atoms with E-state index < -0.39 is 0 Å². The van der Waals surface area contributed by atoms with Gasteiger partial charge >= 0.3 is 0 Å². The van der Waals surface area contributed by atoms with Gasteiger partial charge in [-0.05, 0) is 25.7 Å². The maximum absolute atomic E-state index is 5.78. The molecule has 0 aromatic carbocycles. The minimum Gasteiger partial charge on any atom is -0.377 e. The van der Waals surface area contributed by atoms with Crippen LogP contribution in [0.1, 0.15) is 57.2 Å². The molecule has 1 aromatic heterocycles. The molecule has 1 aromatic rings. The summed E-state index contributed by atoms with van der Waals surface area (Å²) in [6.45, 7) is 8.43. The first-order valence-corrected chi connectivity index (χ1v) is 8.48. The van der Waals surface area contributed by atoms with Gasteiger partial charge in [0, 0.05) is 32.2 Å². The Balaban J connectivity index is 1.60. The highest BCUT2D eigenvalue weighted by molar-refractivity contribution is 4.92. The van der Waals surface area contributed by atoms with Gasteiger partial charge in [0.25, 0.3) is 0 Å². The van der Waals surface area contributed by atoms with Crippen molar-refractivity contribution >= 4 is 0 Å². The predicted octanol–water partition coefficient (Wildman–Crippen LogP) is 2.35. The molecule has 0 radical (unpaired) electrons. The molecule has 3 heterocycles. The lowest BCUT2D eigenvalue weighted by atomic mass is 10.2. The largest absolute Gasteiger partial charge is 0.377 e. The lowest BCUT2D eigenvalue weighted by Gasteiger charge is -2.26. The van der Waals surface area contributed by atoms with Gasteiger partial charge in [-0.1, -0.05) is 19.0 Å². The molecule has 124 valence electrons. The van der Waals surface area contributed by atoms with Crippen LogP contribution in [0.4, 0.5) is 0 Å². The van der Waals surface area contributed by atoms with Crippen LogP contribution >= 0.6 is 0 Å². The van der Waals surface area contributed by atoms with Gasteiger partial charge in [-0.2, -0.15) is 4.98 Å². The highest BCUT2D eigenvalue weighted by Crippen LogP contribution is 2.19. The van der Waals surface area contributed by atoms with E-state index >= 15 is 0 Å². The van der Waals surface area contributed by atoms with Crippen LogP contribution in [0.3, 0.4) is 0 Å². The first-order chi connectivity index (χ1) is 10.7. The van der Waals surface area contributed by atoms with Gasteiger partial charge < -0.3 is 14.0 Å². The van der Waals surface area contributed by atoms with Crippen LogP contribution in [0, 0.1) is 0 Å². The van der Waals surface area contributed by atoms with E-state index in [2.05, 4.69) is 28.9 Å². The molecule has 0 spiro atoms. The average molecular weight is 309 g/mol. The van der Waals surface area contributed by atoms with E-state index in [0.29, 0.717) is 30.6 Å². The summed E-state index contributed by atoms with van der Waals surface area (Å²) in [5, 5.41) is 4.06. The number of rotatable bonds is 7. The number of ether oxygens (including phenoxy) is 2. The molecule has 6 nitrogen and oxygen atoms in total. The van der Waals surface area contributed by atoms with E-state index in [1.54, 1.807) is 0 Å². The summed E-state index contributed by atoms with van der Waals surface area (Å²) < 4.78 is 17.0. The van der Waals surface area contributed by atoms with Gasteiger partial charge in [-0.3, -0.25) is 4.90 Å². The van der Waals surface area contributed by atoms with Crippen LogP contribution in [0.15, 0.2) is 4.52 Å². The van der Waals surface area contributed by atoms with Crippen molar-refractivity contribution in [2.24, 2.45) is 0 Å². The molecule has 2 fully saturated rings. The Labute approximate surface area is 132 Å². The van der Waals surface area contributed by atoms with E-state index in [0.717, 1.165) is 57.8 Å². The Morgan fingerprint density at radius 3 is 2.18 bits per heavy atom. The highest BCUT2D eigenvalue weighted by atomic mass is 16.5. The number of aromatic nitrogens is 2. The van der Waals surface area contributed by atoms with Crippen LogP contribution in [0.25, 0.3) is 0 Å². The van der Waals surface area contributed by atoms with E-state index in [-0.39, 0.29) is 0 Å². The average Bonchev–Trinajstić information content (AvgIpc) is 3.19. The van der Waals surface area contributed by atoms with Crippen LogP contribution < -0.4 is 0 Å². The van der Waals surface area contributed by atoms with Gasteiger partial charge in [0.1, 0.15) is 0 Å². The van der Waals surface area contributed by atoms with E-state index in [9.17, 15) is 0 Å². The summed E-state index contributed by atoms with van der Waals surface area (Å²) in [4.78, 5) is 6.85. The third kappa shape index (κ3) is 4.27. The van der Waals surface area contributed by atoms with Crippen LogP contribution in [-0.2, 0) is 16.0 Å². The topological polar surface area (TPSA) is 60.6 Å². The van der Waals surface area contributed by atoms with E-state index in [1.165, 1.54) is 0 Å². The Morgan fingerprint density at radius 2 is 1.73 bits per heavy atom. The third-order valence-corrected chi connectivity index (χ3v) is 4.33. The first kappa shape index (κ1) is 15.9. The summed E-state index contributed by atoms with van der Waals surface area (Å²) in [5.41, 5.74) is 0. The third-order valence-electron chi connectivity index (χ3n) is 4.33. The molecule has 0 amide bonds. The fraction of sp³-hybridized carbons (Fsp3) is 0.875. The second kappa shape index (κ2) is 7.53. The Kier molecular flexibility index (Phi) is 5.44. The molecular formula is C16H27N3O3. The molecule has 2 aliphatic rings. The first-order valence-electron chi connectivity index (χ1n) is 8.48. The van der Waals surface area contributed by atoms with Gasteiger partial charge in [0.05, 0.1) is 18.8 Å². The van der Waals surface area contributed by atoms with E-state index in [1.807, 2.05) is 0 Å². The molecule has 0 aliphatic carbocycles. The normalized spacial score (nSPS) is 25.6. The van der Waals surface area contributed by atoms with Crippen molar-refractivity contribution in [3.05, 3.63) is 11.7 Å². The molecule has 0 saturated carbocycles. The second-order valence-electron chi connectivity index (χ2n) is 6.67. The molecule has 0 N–H and O–H groups in total. The Bertz CT molecular complexity index is 433. The fourth-order valence-electron chi connectivity index (χ4n) is 3.11. The fourth-order valence-corrected chi connectivity index (χ4v) is 3.11. The highest BCUT2D eigenvalue weighted by Gasteiger charge is 2.25. The number of nitrogens with zero attached hydrogens (tertiary/aromatic N) is 3. The van der Waals surface area contributed by atoms with Crippen molar-refractivity contribution < 1.29 is 14.0 Å². The zero-order chi connectivity index (χ0) is 15.4. The van der Waals surface area contributed by atoms with Gasteiger partial charge in [0.15, 0.2) is 5.82 Å². The quantitative estimate of drug-likeness (QED) is 0.770. The smallest absolute Gasteiger partial charge is 0.240 e. The van der Waals surface area contributed by atoms with Gasteiger partial charge in [0.2, 0.25) is 5.89 Å². The summed E-state index contributed by atoms with van der Waals surface area (Å²) in [5.74, 6) is 1.77. The van der Waals surface area contributed by atoms with E-state index in [4.69, 9.17) is 14.0 Å². The van der Waals surface area contributed by atoms with Crippen LogP contribution in [-0.4, -0.2) is 53.6 Å². The Morgan fingerprint density at radius 1 is 1.09 bits per heavy atom. The molecule has 2 saturated heterocycles. The summed E-state index contributed by atoms with van der Waals surface area (Å²) >= 11 is 0. The SMILES string of the molecule is CC(C)c1noc(CN(C[C@@H]2CCCO2)C[C@@H]2CCCO2)n1. The lowest BCUT2D eigenvalue weighted by molar-refractivity contribution is 0.0309. The molecule has 2 atom stereocenters. The molecule has 22 heavy (non-hydrogen) atoms. The maximum Gasteiger partial charge on any atom is 0.240 e. The van der Waals surface area contributed by atoms with Crippen molar-refractivity contribution in [3.63, 3.8) is 0 Å². The van der Waals surface area contributed by atoms with Crippen molar-refractivity contribution in [1.82, 2.24) is 15.0 Å². The molecule has 6 heteroatoms.